The van der Waals surface area contributed by atoms with E-state index in [1.165, 1.54) is 24.3 Å². The quantitative estimate of drug-likeness (QED) is 0.339. The molecule has 0 spiro atoms. The second-order valence-corrected chi connectivity index (χ2v) is 5.47. The van der Waals surface area contributed by atoms with Crippen LogP contribution >= 0.6 is 24.0 Å². The Morgan fingerprint density at radius 1 is 1.15 bits per heavy atom. The van der Waals surface area contributed by atoms with Crippen molar-refractivity contribution in [3.8, 4) is 11.5 Å². The number of rotatable bonds is 6. The summed E-state index contributed by atoms with van der Waals surface area (Å²) in [5.74, 6) is -0.240. The molecule has 2 aromatic carbocycles. The van der Waals surface area contributed by atoms with Gasteiger partial charge in [-0.15, -0.1) is 24.0 Å². The van der Waals surface area contributed by atoms with Gasteiger partial charge >= 0.3 is 0 Å². The monoisotopic (exact) mass is 477 g/mol. The highest BCUT2D eigenvalue weighted by Crippen LogP contribution is 2.16. The van der Waals surface area contributed by atoms with Crippen LogP contribution in [0.15, 0.2) is 47.5 Å². The van der Waals surface area contributed by atoms with Gasteiger partial charge < -0.3 is 20.5 Å². The molecule has 5 nitrogen and oxygen atoms in total. The van der Waals surface area contributed by atoms with Gasteiger partial charge in [-0.3, -0.25) is 4.99 Å². The summed E-state index contributed by atoms with van der Waals surface area (Å²) >= 11 is 0. The van der Waals surface area contributed by atoms with E-state index in [0.29, 0.717) is 30.4 Å². The number of nitrogens with one attached hydrogen (secondary N) is 2. The number of nitrogens with zero attached hydrogens (tertiary/aromatic N) is 1. The van der Waals surface area contributed by atoms with E-state index in [1.807, 2.05) is 6.92 Å². The molecule has 3 N–H and O–H groups in total. The fourth-order valence-electron chi connectivity index (χ4n) is 2.09. The second kappa shape index (κ2) is 10.8. The van der Waals surface area contributed by atoms with E-state index in [1.54, 1.807) is 25.2 Å². The molecule has 0 aliphatic rings. The van der Waals surface area contributed by atoms with Crippen LogP contribution in [0.1, 0.15) is 12.5 Å². The number of hydrogen-bond acceptors (Lipinski definition) is 3. The number of hydrogen-bond donors (Lipinski definition) is 3. The largest absolute Gasteiger partial charge is 0.505 e. The summed E-state index contributed by atoms with van der Waals surface area (Å²) in [5, 5.41) is 15.3. The van der Waals surface area contributed by atoms with Gasteiger partial charge in [-0.2, -0.15) is 0 Å². The Kier molecular flexibility index (Phi) is 9.11. The van der Waals surface area contributed by atoms with Crippen molar-refractivity contribution in [2.75, 3.05) is 13.6 Å². The molecule has 142 valence electrons. The predicted octanol–water partition coefficient (Wildman–Crippen LogP) is 3.42. The molecule has 0 saturated heterocycles. The van der Waals surface area contributed by atoms with Crippen molar-refractivity contribution in [3.05, 3.63) is 59.7 Å². The van der Waals surface area contributed by atoms with Crippen LogP contribution in [0.2, 0.25) is 0 Å². The van der Waals surface area contributed by atoms with Gasteiger partial charge in [-0.1, -0.05) is 6.07 Å². The van der Waals surface area contributed by atoms with E-state index < -0.39 is 5.82 Å². The van der Waals surface area contributed by atoms with E-state index in [-0.39, 0.29) is 41.6 Å². The molecule has 0 aromatic heterocycles. The molecule has 2 aromatic rings. The van der Waals surface area contributed by atoms with E-state index in [2.05, 4.69) is 15.6 Å². The smallest absolute Gasteiger partial charge is 0.191 e. The second-order valence-electron chi connectivity index (χ2n) is 5.47. The van der Waals surface area contributed by atoms with Crippen molar-refractivity contribution >= 4 is 29.9 Å². The summed E-state index contributed by atoms with van der Waals surface area (Å²) in [6, 6.07) is 10.0. The van der Waals surface area contributed by atoms with Gasteiger partial charge in [-0.05, 0) is 48.9 Å². The number of guanidine groups is 1. The van der Waals surface area contributed by atoms with Gasteiger partial charge in [0.2, 0.25) is 0 Å². The van der Waals surface area contributed by atoms with Crippen LogP contribution in [-0.2, 0) is 6.54 Å². The maximum absolute atomic E-state index is 13.3. The molecule has 8 heteroatoms. The molecular weight excluding hydrogens is 455 g/mol. The average Bonchev–Trinajstić information content (AvgIpc) is 2.60. The molecule has 0 fully saturated rings. The molecule has 0 amide bonds. The van der Waals surface area contributed by atoms with Crippen LogP contribution in [0.5, 0.6) is 11.5 Å². The Bertz CT molecular complexity index is 727. The Balaban J connectivity index is 0.00000338. The Hall–Kier alpha value is -2.10. The third-order valence-corrected chi connectivity index (χ3v) is 3.40. The van der Waals surface area contributed by atoms with E-state index in [0.717, 1.165) is 0 Å². The molecule has 0 bridgehead atoms. The number of phenolic OH excluding ortho intramolecular Hbond substituents is 1. The number of aliphatic imine (C=N–C) groups is 1. The number of aromatic hydroxyl groups is 1. The van der Waals surface area contributed by atoms with E-state index in [9.17, 15) is 13.9 Å². The third-order valence-electron chi connectivity index (χ3n) is 3.40. The van der Waals surface area contributed by atoms with Gasteiger partial charge in [0.25, 0.3) is 0 Å². The first-order chi connectivity index (χ1) is 12.0. The maximum Gasteiger partial charge on any atom is 0.191 e. The summed E-state index contributed by atoms with van der Waals surface area (Å²) < 4.78 is 31.8. The summed E-state index contributed by atoms with van der Waals surface area (Å²) in [6.45, 7) is 2.70. The molecule has 0 aliphatic heterocycles. The number of benzene rings is 2. The molecule has 0 radical (unpaired) electrons. The SMILES string of the molecule is CN=C(NCc1ccc(O)c(F)c1)NCC(C)Oc1ccc(F)cc1.I. The lowest BCUT2D eigenvalue weighted by atomic mass is 10.2. The van der Waals surface area contributed by atoms with Gasteiger partial charge in [0, 0.05) is 13.6 Å². The van der Waals surface area contributed by atoms with Crippen molar-refractivity contribution in [1.29, 1.82) is 0 Å². The summed E-state index contributed by atoms with van der Waals surface area (Å²) in [5.41, 5.74) is 0.675. The molecule has 1 unspecified atom stereocenters. The lowest BCUT2D eigenvalue weighted by Crippen LogP contribution is -2.41. The van der Waals surface area contributed by atoms with Crippen molar-refractivity contribution in [1.82, 2.24) is 10.6 Å². The minimum Gasteiger partial charge on any atom is -0.505 e. The first-order valence-corrected chi connectivity index (χ1v) is 7.82. The van der Waals surface area contributed by atoms with Crippen LogP contribution < -0.4 is 15.4 Å². The Labute approximate surface area is 168 Å². The molecule has 2 rings (SSSR count). The molecule has 0 saturated carbocycles. The summed E-state index contributed by atoms with van der Waals surface area (Å²) in [7, 11) is 1.62. The highest BCUT2D eigenvalue weighted by atomic mass is 127. The molecule has 0 aliphatic carbocycles. The zero-order valence-corrected chi connectivity index (χ0v) is 16.8. The lowest BCUT2D eigenvalue weighted by molar-refractivity contribution is 0.223. The fraction of sp³-hybridized carbons (Fsp3) is 0.278. The zero-order chi connectivity index (χ0) is 18.2. The van der Waals surface area contributed by atoms with Crippen LogP contribution in [0.4, 0.5) is 8.78 Å². The number of halogens is 3. The van der Waals surface area contributed by atoms with Crippen molar-refractivity contribution in [2.24, 2.45) is 4.99 Å². The highest BCUT2D eigenvalue weighted by molar-refractivity contribution is 14.0. The Morgan fingerprint density at radius 2 is 1.85 bits per heavy atom. The maximum atomic E-state index is 13.3. The molecule has 1 atom stereocenters. The van der Waals surface area contributed by atoms with Crippen molar-refractivity contribution in [2.45, 2.75) is 19.6 Å². The van der Waals surface area contributed by atoms with Crippen LogP contribution in [-0.4, -0.2) is 30.8 Å². The van der Waals surface area contributed by atoms with Gasteiger partial charge in [-0.25, -0.2) is 8.78 Å². The van der Waals surface area contributed by atoms with Crippen LogP contribution in [0.3, 0.4) is 0 Å². The van der Waals surface area contributed by atoms with Crippen molar-refractivity contribution in [3.63, 3.8) is 0 Å². The Morgan fingerprint density at radius 3 is 2.46 bits per heavy atom. The first kappa shape index (κ1) is 21.9. The van der Waals surface area contributed by atoms with Gasteiger partial charge in [0.15, 0.2) is 17.5 Å². The van der Waals surface area contributed by atoms with E-state index in [4.69, 9.17) is 4.74 Å². The third kappa shape index (κ3) is 7.03. The summed E-state index contributed by atoms with van der Waals surface area (Å²) in [6.07, 6.45) is -0.171. The normalized spacial score (nSPS) is 12.1. The first-order valence-electron chi connectivity index (χ1n) is 7.82. The summed E-state index contributed by atoms with van der Waals surface area (Å²) in [4.78, 5) is 4.08. The van der Waals surface area contributed by atoms with Gasteiger partial charge in [0.05, 0.1) is 6.54 Å². The minimum atomic E-state index is -0.663. The van der Waals surface area contributed by atoms with Crippen molar-refractivity contribution < 1.29 is 18.6 Å². The number of ether oxygens (including phenoxy) is 1. The molecule has 0 heterocycles. The highest BCUT2D eigenvalue weighted by Gasteiger charge is 2.07. The fourth-order valence-corrected chi connectivity index (χ4v) is 2.09. The standard InChI is InChI=1S/C18H21F2N3O2.HI/c1-12(25-15-6-4-14(19)5-7-15)10-22-18(21-2)23-11-13-3-8-17(24)16(20)9-13;/h3-9,12,24H,10-11H2,1-2H3,(H2,21,22,23);1H. The lowest BCUT2D eigenvalue weighted by Gasteiger charge is -2.18. The predicted molar refractivity (Wildman–Crippen MR) is 108 cm³/mol. The molecular formula is C18H22F2IN3O2. The topological polar surface area (TPSA) is 65.9 Å². The van der Waals surface area contributed by atoms with Gasteiger partial charge in [0.1, 0.15) is 17.7 Å². The van der Waals surface area contributed by atoms with Crippen LogP contribution in [0.25, 0.3) is 0 Å². The number of phenols is 1. The zero-order valence-electron chi connectivity index (χ0n) is 14.5. The minimum absolute atomic E-state index is 0. The average molecular weight is 477 g/mol. The van der Waals surface area contributed by atoms with E-state index >= 15 is 0 Å². The molecule has 26 heavy (non-hydrogen) atoms. The van der Waals surface area contributed by atoms with Crippen LogP contribution in [0, 0.1) is 11.6 Å².